The first-order valence-corrected chi connectivity index (χ1v) is 8.63. The zero-order valence-electron chi connectivity index (χ0n) is 12.4. The Balaban J connectivity index is 1.78. The van der Waals surface area contributed by atoms with Crippen molar-refractivity contribution in [2.24, 2.45) is 0 Å². The lowest BCUT2D eigenvalue weighted by Gasteiger charge is -2.05. The van der Waals surface area contributed by atoms with Crippen molar-refractivity contribution in [3.8, 4) is 22.5 Å². The minimum Gasteiger partial charge on any atom is -0.268 e. The molecule has 4 nitrogen and oxygen atoms in total. The molecule has 0 spiro atoms. The van der Waals surface area contributed by atoms with E-state index in [2.05, 4.69) is 32.8 Å². The summed E-state index contributed by atoms with van der Waals surface area (Å²) in [4.78, 5) is 8.97. The van der Waals surface area contributed by atoms with Gasteiger partial charge in [0.1, 0.15) is 5.69 Å². The van der Waals surface area contributed by atoms with Crippen LogP contribution in [0.3, 0.4) is 0 Å². The van der Waals surface area contributed by atoms with E-state index in [-0.39, 0.29) is 0 Å². The van der Waals surface area contributed by atoms with Crippen molar-refractivity contribution in [1.29, 1.82) is 0 Å². The standard InChI is InChI=1S/C18H14N4S/c1-2-8-19-13(4-1)18-17(15-5-3-9-22(15)21-18)12-6-7-16-14(10-12)20-11-23-16/h1-2,4,6-8,10-11H,3,5,9H2. The molecule has 0 saturated heterocycles. The first-order valence-electron chi connectivity index (χ1n) is 7.75. The summed E-state index contributed by atoms with van der Waals surface area (Å²) in [7, 11) is 0. The highest BCUT2D eigenvalue weighted by Gasteiger charge is 2.24. The maximum Gasteiger partial charge on any atom is 0.119 e. The van der Waals surface area contributed by atoms with Gasteiger partial charge >= 0.3 is 0 Å². The number of hydrogen-bond donors (Lipinski definition) is 0. The van der Waals surface area contributed by atoms with Crippen LogP contribution in [0.2, 0.25) is 0 Å². The predicted molar refractivity (Wildman–Crippen MR) is 92.4 cm³/mol. The van der Waals surface area contributed by atoms with Crippen LogP contribution in [-0.2, 0) is 13.0 Å². The number of nitrogens with zero attached hydrogens (tertiary/aromatic N) is 4. The van der Waals surface area contributed by atoms with E-state index < -0.39 is 0 Å². The molecular weight excluding hydrogens is 304 g/mol. The maximum absolute atomic E-state index is 4.84. The molecule has 5 rings (SSSR count). The lowest BCUT2D eigenvalue weighted by molar-refractivity contribution is 0.658. The van der Waals surface area contributed by atoms with Crippen molar-refractivity contribution in [2.75, 3.05) is 0 Å². The second kappa shape index (κ2) is 4.99. The van der Waals surface area contributed by atoms with Crippen molar-refractivity contribution in [1.82, 2.24) is 19.7 Å². The Kier molecular flexibility index (Phi) is 2.81. The summed E-state index contributed by atoms with van der Waals surface area (Å²) >= 11 is 1.68. The molecule has 4 heterocycles. The minimum atomic E-state index is 0.933. The number of pyridine rings is 1. The number of aryl methyl sites for hydroxylation is 1. The van der Waals surface area contributed by atoms with Crippen LogP contribution < -0.4 is 0 Å². The first-order chi connectivity index (χ1) is 11.4. The zero-order valence-corrected chi connectivity index (χ0v) is 13.3. The summed E-state index contributed by atoms with van der Waals surface area (Å²) in [5.41, 5.74) is 8.59. The van der Waals surface area contributed by atoms with Gasteiger partial charge in [0, 0.05) is 24.0 Å². The summed E-state index contributed by atoms with van der Waals surface area (Å²) in [6, 6.07) is 12.5. The largest absolute Gasteiger partial charge is 0.268 e. The van der Waals surface area contributed by atoms with Crippen LogP contribution in [0.25, 0.3) is 32.7 Å². The number of rotatable bonds is 2. The highest BCUT2D eigenvalue weighted by molar-refractivity contribution is 7.16. The van der Waals surface area contributed by atoms with Gasteiger partial charge in [-0.25, -0.2) is 4.98 Å². The van der Waals surface area contributed by atoms with Crippen molar-refractivity contribution in [3.63, 3.8) is 0 Å². The fourth-order valence-electron chi connectivity index (χ4n) is 3.33. The van der Waals surface area contributed by atoms with E-state index in [1.165, 1.54) is 21.5 Å². The highest BCUT2D eigenvalue weighted by atomic mass is 32.1. The Bertz CT molecular complexity index is 1000. The summed E-state index contributed by atoms with van der Waals surface area (Å²) in [6.07, 6.45) is 4.06. The molecule has 0 aliphatic carbocycles. The van der Waals surface area contributed by atoms with Crippen LogP contribution in [-0.4, -0.2) is 19.7 Å². The van der Waals surface area contributed by atoms with Crippen molar-refractivity contribution in [3.05, 3.63) is 53.8 Å². The molecule has 1 aliphatic rings. The topological polar surface area (TPSA) is 43.6 Å². The lowest BCUT2D eigenvalue weighted by atomic mass is 9.99. The Morgan fingerprint density at radius 3 is 3.00 bits per heavy atom. The zero-order chi connectivity index (χ0) is 15.2. The van der Waals surface area contributed by atoms with Gasteiger partial charge in [0.2, 0.25) is 0 Å². The molecule has 23 heavy (non-hydrogen) atoms. The normalized spacial score (nSPS) is 13.6. The van der Waals surface area contributed by atoms with Gasteiger partial charge in [0.05, 0.1) is 21.4 Å². The maximum atomic E-state index is 4.84. The van der Waals surface area contributed by atoms with Crippen LogP contribution in [0.1, 0.15) is 12.1 Å². The number of benzene rings is 1. The van der Waals surface area contributed by atoms with Crippen LogP contribution in [0.15, 0.2) is 48.1 Å². The number of hydrogen-bond acceptors (Lipinski definition) is 4. The molecule has 0 radical (unpaired) electrons. The lowest BCUT2D eigenvalue weighted by Crippen LogP contribution is -1.94. The molecular formula is C18H14N4S. The van der Waals surface area contributed by atoms with Crippen LogP contribution in [0, 0.1) is 0 Å². The Hall–Kier alpha value is -2.53. The SMILES string of the molecule is c1ccc(-c2nn3c(c2-c2ccc4scnc4c2)CCC3)nc1. The minimum absolute atomic E-state index is 0.933. The average molecular weight is 318 g/mol. The van der Waals surface area contributed by atoms with E-state index in [1.54, 1.807) is 11.3 Å². The molecule has 3 aromatic heterocycles. The van der Waals surface area contributed by atoms with Crippen molar-refractivity contribution in [2.45, 2.75) is 19.4 Å². The molecule has 5 heteroatoms. The molecule has 0 N–H and O–H groups in total. The molecule has 1 aliphatic heterocycles. The molecule has 0 saturated carbocycles. The highest BCUT2D eigenvalue weighted by Crippen LogP contribution is 2.37. The van der Waals surface area contributed by atoms with Crippen LogP contribution >= 0.6 is 11.3 Å². The second-order valence-corrected chi connectivity index (χ2v) is 6.63. The third-order valence-electron chi connectivity index (χ3n) is 4.37. The predicted octanol–water partition coefficient (Wildman–Crippen LogP) is 4.17. The van der Waals surface area contributed by atoms with Crippen LogP contribution in [0.4, 0.5) is 0 Å². The third kappa shape index (κ3) is 2.00. The molecule has 0 bridgehead atoms. The van der Waals surface area contributed by atoms with Gasteiger partial charge in [-0.1, -0.05) is 12.1 Å². The average Bonchev–Trinajstić information content (AvgIpc) is 3.30. The number of aromatic nitrogens is 4. The summed E-state index contributed by atoms with van der Waals surface area (Å²) < 4.78 is 3.36. The smallest absolute Gasteiger partial charge is 0.119 e. The second-order valence-electron chi connectivity index (χ2n) is 5.75. The van der Waals surface area contributed by atoms with E-state index in [0.717, 1.165) is 36.3 Å². The van der Waals surface area contributed by atoms with Crippen LogP contribution in [0.5, 0.6) is 0 Å². The fraction of sp³-hybridized carbons (Fsp3) is 0.167. The molecule has 4 aromatic rings. The van der Waals surface area contributed by atoms with Crippen molar-refractivity contribution < 1.29 is 0 Å². The van der Waals surface area contributed by atoms with Gasteiger partial charge in [0.25, 0.3) is 0 Å². The van der Waals surface area contributed by atoms with Gasteiger partial charge in [-0.15, -0.1) is 11.3 Å². The Morgan fingerprint density at radius 2 is 2.09 bits per heavy atom. The molecule has 0 amide bonds. The molecule has 0 unspecified atom stereocenters. The fourth-order valence-corrected chi connectivity index (χ4v) is 3.99. The van der Waals surface area contributed by atoms with Gasteiger partial charge in [-0.3, -0.25) is 9.67 Å². The van der Waals surface area contributed by atoms with Gasteiger partial charge in [-0.2, -0.15) is 5.10 Å². The summed E-state index contributed by atoms with van der Waals surface area (Å²) in [5.74, 6) is 0. The Morgan fingerprint density at radius 1 is 1.09 bits per heavy atom. The van der Waals surface area contributed by atoms with E-state index in [0.29, 0.717) is 0 Å². The van der Waals surface area contributed by atoms with Gasteiger partial charge in [0.15, 0.2) is 0 Å². The molecule has 0 fully saturated rings. The van der Waals surface area contributed by atoms with E-state index >= 15 is 0 Å². The summed E-state index contributed by atoms with van der Waals surface area (Å²) in [5, 5.41) is 4.84. The van der Waals surface area contributed by atoms with E-state index in [4.69, 9.17) is 5.10 Å². The number of thiazole rings is 1. The Labute approximate surface area is 137 Å². The summed E-state index contributed by atoms with van der Waals surface area (Å²) in [6.45, 7) is 0.994. The van der Waals surface area contributed by atoms with E-state index in [9.17, 15) is 0 Å². The van der Waals surface area contributed by atoms with Gasteiger partial charge in [-0.05, 0) is 42.7 Å². The molecule has 1 aromatic carbocycles. The van der Waals surface area contributed by atoms with Crippen molar-refractivity contribution >= 4 is 21.6 Å². The molecule has 0 atom stereocenters. The quantitative estimate of drug-likeness (QED) is 0.557. The monoisotopic (exact) mass is 318 g/mol. The third-order valence-corrected chi connectivity index (χ3v) is 5.18. The molecule has 112 valence electrons. The van der Waals surface area contributed by atoms with Gasteiger partial charge < -0.3 is 0 Å². The number of fused-ring (bicyclic) bond motifs is 2. The van der Waals surface area contributed by atoms with E-state index in [1.807, 2.05) is 29.9 Å². The first kappa shape index (κ1) is 13.0.